The molecular weight excluding hydrogens is 452 g/mol. The standard InChI is InChI=1S/C23H22N6O3.CH2O2/c1-13-12-24-22(27-16-7-5-14(6-8-16)21(30)26-15-3-2-4-15)29-20(13)25-17-9-10-19-18(11-17)28-23(31)32-19;2-1-3/h5-12,15H,2-4H2,1H3,(H,26,30)(H,28,31)(H2,24,25,27,29);1H,(H,2,3). The molecule has 0 atom stereocenters. The van der Waals surface area contributed by atoms with Gasteiger partial charge in [0.25, 0.3) is 12.4 Å². The number of carbonyl (C=O) groups excluding carboxylic acids is 1. The van der Waals surface area contributed by atoms with Crippen molar-refractivity contribution in [2.45, 2.75) is 32.2 Å². The van der Waals surface area contributed by atoms with E-state index in [4.69, 9.17) is 14.3 Å². The highest BCUT2D eigenvalue weighted by molar-refractivity contribution is 5.94. The summed E-state index contributed by atoms with van der Waals surface area (Å²) in [6.45, 7) is 1.65. The highest BCUT2D eigenvalue weighted by Gasteiger charge is 2.20. The first kappa shape index (κ1) is 23.5. The average Bonchev–Trinajstić information content (AvgIpc) is 3.19. The molecule has 2 heterocycles. The molecule has 1 aliphatic carbocycles. The lowest BCUT2D eigenvalue weighted by Gasteiger charge is -2.26. The first-order chi connectivity index (χ1) is 16.9. The van der Waals surface area contributed by atoms with E-state index in [0.29, 0.717) is 34.5 Å². The van der Waals surface area contributed by atoms with Crippen molar-refractivity contribution in [3.63, 3.8) is 0 Å². The van der Waals surface area contributed by atoms with Gasteiger partial charge in [0.2, 0.25) is 5.95 Å². The fourth-order valence-electron chi connectivity index (χ4n) is 3.45. The normalized spacial score (nSPS) is 12.7. The van der Waals surface area contributed by atoms with E-state index >= 15 is 0 Å². The molecule has 0 spiro atoms. The highest BCUT2D eigenvalue weighted by Crippen LogP contribution is 2.24. The molecule has 5 rings (SSSR count). The second-order valence-corrected chi connectivity index (χ2v) is 7.98. The molecule has 0 bridgehead atoms. The van der Waals surface area contributed by atoms with Gasteiger partial charge in [0.15, 0.2) is 5.58 Å². The first-order valence-corrected chi connectivity index (χ1v) is 10.9. The van der Waals surface area contributed by atoms with E-state index in [1.54, 1.807) is 36.5 Å². The van der Waals surface area contributed by atoms with Gasteiger partial charge in [0.1, 0.15) is 5.82 Å². The Morgan fingerprint density at radius 3 is 2.54 bits per heavy atom. The average molecular weight is 476 g/mol. The second kappa shape index (κ2) is 10.5. The van der Waals surface area contributed by atoms with Crippen molar-refractivity contribution in [3.8, 4) is 0 Å². The number of benzene rings is 2. The van der Waals surface area contributed by atoms with Crippen molar-refractivity contribution in [2.24, 2.45) is 0 Å². The van der Waals surface area contributed by atoms with Crippen molar-refractivity contribution >= 4 is 46.6 Å². The van der Waals surface area contributed by atoms with Crippen LogP contribution < -0.4 is 21.7 Å². The summed E-state index contributed by atoms with van der Waals surface area (Å²) in [5.41, 5.74) is 4.11. The van der Waals surface area contributed by atoms with Crippen LogP contribution in [0.4, 0.5) is 23.1 Å². The Hall–Kier alpha value is -4.67. The number of oxazole rings is 1. The Kier molecular flexibility index (Phi) is 7.05. The number of anilines is 4. The van der Waals surface area contributed by atoms with E-state index in [1.807, 2.05) is 19.1 Å². The zero-order valence-corrected chi connectivity index (χ0v) is 18.9. The predicted octanol–water partition coefficient (Wildman–Crippen LogP) is 3.69. The number of nitrogens with zero attached hydrogens (tertiary/aromatic N) is 2. The molecule has 1 fully saturated rings. The SMILES string of the molecule is Cc1cnc(Nc2ccc(C(=O)NC3CCC3)cc2)nc1Nc1ccc2oc(=O)[nH]c2c1.O=CO. The Labute approximate surface area is 199 Å². The number of H-pyrrole nitrogens is 1. The van der Waals surface area contributed by atoms with E-state index in [-0.39, 0.29) is 12.4 Å². The predicted molar refractivity (Wildman–Crippen MR) is 130 cm³/mol. The van der Waals surface area contributed by atoms with Crippen LogP contribution in [-0.2, 0) is 4.79 Å². The molecule has 5 N–H and O–H groups in total. The van der Waals surface area contributed by atoms with Crippen LogP contribution in [0.3, 0.4) is 0 Å². The summed E-state index contributed by atoms with van der Waals surface area (Å²) in [5, 5.41) is 16.3. The summed E-state index contributed by atoms with van der Waals surface area (Å²) in [6, 6.07) is 12.8. The summed E-state index contributed by atoms with van der Waals surface area (Å²) in [5.74, 6) is 0.510. The van der Waals surface area contributed by atoms with Crippen molar-refractivity contribution < 1.29 is 19.1 Å². The number of hydrogen-bond acceptors (Lipinski definition) is 8. The lowest BCUT2D eigenvalue weighted by atomic mass is 9.93. The monoisotopic (exact) mass is 476 g/mol. The Morgan fingerprint density at radius 1 is 1.14 bits per heavy atom. The third-order valence-corrected chi connectivity index (χ3v) is 5.50. The maximum Gasteiger partial charge on any atom is 0.417 e. The van der Waals surface area contributed by atoms with E-state index in [9.17, 15) is 9.59 Å². The van der Waals surface area contributed by atoms with Crippen LogP contribution in [0.5, 0.6) is 0 Å². The lowest BCUT2D eigenvalue weighted by molar-refractivity contribution is -0.122. The Balaban J connectivity index is 0.000000917. The first-order valence-electron chi connectivity index (χ1n) is 10.9. The van der Waals surface area contributed by atoms with Crippen LogP contribution >= 0.6 is 0 Å². The lowest BCUT2D eigenvalue weighted by Crippen LogP contribution is -2.39. The van der Waals surface area contributed by atoms with Gasteiger partial charge in [0.05, 0.1) is 5.52 Å². The van der Waals surface area contributed by atoms with Crippen LogP contribution in [0.2, 0.25) is 0 Å². The number of amides is 1. The van der Waals surface area contributed by atoms with Gasteiger partial charge in [0, 0.05) is 34.7 Å². The minimum atomic E-state index is -0.492. The number of rotatable bonds is 6. The summed E-state index contributed by atoms with van der Waals surface area (Å²) >= 11 is 0. The van der Waals surface area contributed by atoms with Crippen LogP contribution in [-0.4, -0.2) is 38.5 Å². The van der Waals surface area contributed by atoms with Crippen molar-refractivity contribution in [2.75, 3.05) is 10.6 Å². The molecule has 0 unspecified atom stereocenters. The van der Waals surface area contributed by atoms with Crippen LogP contribution in [0.15, 0.2) is 57.9 Å². The van der Waals surface area contributed by atoms with Crippen molar-refractivity contribution in [1.82, 2.24) is 20.3 Å². The van der Waals surface area contributed by atoms with Crippen LogP contribution in [0, 0.1) is 6.92 Å². The number of aromatic amines is 1. The molecule has 2 aromatic heterocycles. The molecule has 0 radical (unpaired) electrons. The minimum Gasteiger partial charge on any atom is -0.483 e. The number of aryl methyl sites for hydroxylation is 1. The molecule has 1 aliphatic rings. The fourth-order valence-corrected chi connectivity index (χ4v) is 3.45. The molecule has 1 amide bonds. The summed E-state index contributed by atoms with van der Waals surface area (Å²) in [6.07, 6.45) is 5.01. The van der Waals surface area contributed by atoms with Gasteiger partial charge in [-0.05, 0) is 68.7 Å². The molecule has 11 heteroatoms. The maximum absolute atomic E-state index is 12.3. The summed E-state index contributed by atoms with van der Waals surface area (Å²) < 4.78 is 5.03. The number of aromatic nitrogens is 3. The van der Waals surface area contributed by atoms with Gasteiger partial charge < -0.3 is 25.5 Å². The second-order valence-electron chi connectivity index (χ2n) is 7.98. The molecule has 35 heavy (non-hydrogen) atoms. The number of hydrogen-bond donors (Lipinski definition) is 5. The van der Waals surface area contributed by atoms with E-state index in [2.05, 4.69) is 30.9 Å². The molecule has 180 valence electrons. The zero-order chi connectivity index (χ0) is 24.8. The zero-order valence-electron chi connectivity index (χ0n) is 18.9. The van der Waals surface area contributed by atoms with Gasteiger partial charge in [-0.15, -0.1) is 0 Å². The molecule has 0 saturated heterocycles. The number of carbonyl (C=O) groups is 2. The number of carboxylic acid groups (broad SMARTS) is 1. The van der Waals surface area contributed by atoms with Crippen LogP contribution in [0.1, 0.15) is 35.2 Å². The topological polar surface area (TPSA) is 162 Å². The quantitative estimate of drug-likeness (QED) is 0.261. The number of nitrogens with one attached hydrogen (secondary N) is 4. The van der Waals surface area contributed by atoms with Crippen molar-refractivity contribution in [3.05, 3.63) is 70.3 Å². The number of fused-ring (bicyclic) bond motifs is 1. The molecule has 0 aliphatic heterocycles. The summed E-state index contributed by atoms with van der Waals surface area (Å²) in [4.78, 5) is 43.5. The largest absolute Gasteiger partial charge is 0.483 e. The summed E-state index contributed by atoms with van der Waals surface area (Å²) in [7, 11) is 0. The third-order valence-electron chi connectivity index (χ3n) is 5.50. The maximum atomic E-state index is 12.3. The fraction of sp³-hybridized carbons (Fsp3) is 0.208. The molecule has 2 aromatic carbocycles. The van der Waals surface area contributed by atoms with Gasteiger partial charge >= 0.3 is 5.76 Å². The van der Waals surface area contributed by atoms with Gasteiger partial charge in [-0.3, -0.25) is 14.6 Å². The smallest absolute Gasteiger partial charge is 0.417 e. The highest BCUT2D eigenvalue weighted by atomic mass is 16.4. The third kappa shape index (κ3) is 5.82. The van der Waals surface area contributed by atoms with E-state index in [0.717, 1.165) is 29.8 Å². The van der Waals surface area contributed by atoms with Gasteiger partial charge in [-0.2, -0.15) is 4.98 Å². The molecule has 4 aromatic rings. The minimum absolute atomic E-state index is 0.0461. The van der Waals surface area contributed by atoms with Gasteiger partial charge in [-0.1, -0.05) is 0 Å². The van der Waals surface area contributed by atoms with Crippen molar-refractivity contribution in [1.29, 1.82) is 0 Å². The molecular formula is C24H24N6O5. The Morgan fingerprint density at radius 2 is 1.86 bits per heavy atom. The van der Waals surface area contributed by atoms with Gasteiger partial charge in [-0.25, -0.2) is 9.78 Å². The van der Waals surface area contributed by atoms with E-state index in [1.165, 1.54) is 6.42 Å². The van der Waals surface area contributed by atoms with E-state index < -0.39 is 5.76 Å². The molecule has 11 nitrogen and oxygen atoms in total. The Bertz CT molecular complexity index is 1390. The molecule has 1 saturated carbocycles. The van der Waals surface area contributed by atoms with Crippen LogP contribution in [0.25, 0.3) is 11.1 Å².